The highest BCUT2D eigenvalue weighted by Gasteiger charge is 2.48. The molecule has 1 saturated carbocycles. The van der Waals surface area contributed by atoms with Crippen molar-refractivity contribution >= 4 is 28.6 Å². The maximum Gasteiger partial charge on any atom is 0.296 e. The molecule has 2 aliphatic carbocycles. The normalized spacial score (nSPS) is 27.2. The molecule has 12 heteroatoms. The maximum absolute atomic E-state index is 15.5. The number of H-pyrrole nitrogens is 1. The van der Waals surface area contributed by atoms with E-state index in [-0.39, 0.29) is 37.2 Å². The van der Waals surface area contributed by atoms with E-state index in [2.05, 4.69) is 30.2 Å². The molecule has 0 amide bonds. The van der Waals surface area contributed by atoms with Crippen LogP contribution in [-0.4, -0.2) is 67.7 Å². The fraction of sp³-hybridized carbons (Fsp3) is 0.429. The number of pyridine rings is 1. The first-order valence-electron chi connectivity index (χ1n) is 13.6. The summed E-state index contributed by atoms with van der Waals surface area (Å²) in [6, 6.07) is 5.27. The molecule has 2 saturated heterocycles. The highest BCUT2D eigenvalue weighted by Crippen LogP contribution is 2.41. The monoisotopic (exact) mass is 564 g/mol. The van der Waals surface area contributed by atoms with Gasteiger partial charge >= 0.3 is 0 Å². The van der Waals surface area contributed by atoms with Gasteiger partial charge in [-0.1, -0.05) is 17.7 Å². The molecule has 10 nitrogen and oxygen atoms in total. The van der Waals surface area contributed by atoms with Crippen LogP contribution in [0, 0.1) is 5.82 Å². The van der Waals surface area contributed by atoms with E-state index < -0.39 is 18.3 Å². The van der Waals surface area contributed by atoms with E-state index in [1.807, 2.05) is 6.07 Å². The second-order valence-corrected chi connectivity index (χ2v) is 11.3. The summed E-state index contributed by atoms with van der Waals surface area (Å²) in [7, 11) is 0. The van der Waals surface area contributed by atoms with Crippen molar-refractivity contribution in [2.45, 2.75) is 62.1 Å². The number of aryl methyl sites for hydroxylation is 1. The van der Waals surface area contributed by atoms with E-state index >= 15 is 4.39 Å². The third-order valence-electron chi connectivity index (χ3n) is 8.17. The van der Waals surface area contributed by atoms with Crippen LogP contribution in [0.15, 0.2) is 30.6 Å². The van der Waals surface area contributed by atoms with E-state index in [0.717, 1.165) is 41.8 Å². The van der Waals surface area contributed by atoms with Crippen molar-refractivity contribution in [3.05, 3.63) is 58.4 Å². The molecular weight excluding hydrogens is 539 g/mol. The smallest absolute Gasteiger partial charge is 0.296 e. The number of hydrogen-bond donors (Lipinski definition) is 3. The Balaban J connectivity index is 1.01. The average Bonchev–Trinajstić information content (AvgIpc) is 3.22. The Morgan fingerprint density at radius 3 is 2.67 bits per heavy atom. The van der Waals surface area contributed by atoms with Gasteiger partial charge in [-0.15, -0.1) is 0 Å². The molecule has 8 rings (SSSR count). The van der Waals surface area contributed by atoms with E-state index in [1.54, 1.807) is 24.5 Å². The van der Waals surface area contributed by atoms with Crippen molar-refractivity contribution in [1.29, 1.82) is 0 Å². The van der Waals surface area contributed by atoms with Crippen LogP contribution in [0.1, 0.15) is 48.2 Å². The molecule has 5 atom stereocenters. The number of aliphatic hydroxyl groups excluding tert-OH is 1. The van der Waals surface area contributed by atoms with Crippen LogP contribution in [0.25, 0.3) is 22.3 Å². The molecule has 0 unspecified atom stereocenters. The molecule has 5 heterocycles. The summed E-state index contributed by atoms with van der Waals surface area (Å²) in [6.07, 6.45) is 5.46. The zero-order chi connectivity index (χ0) is 27.0. The summed E-state index contributed by atoms with van der Waals surface area (Å²) >= 11 is 6.57. The van der Waals surface area contributed by atoms with Crippen LogP contribution in [0.4, 0.5) is 10.2 Å². The number of fused-ring (bicyclic) bond motifs is 3. The Morgan fingerprint density at radius 1 is 1.02 bits per heavy atom. The molecule has 3 fully saturated rings. The minimum atomic E-state index is -0.659. The number of nitrogens with one attached hydrogen (secondary N) is 2. The number of rotatable bonds is 6. The SMILES string of the molecule is O[C@@H]1CO[C@H]2[C@@H]1OC[C@H]2Oc1nc2nc(N[C@H]3CCc4cc(-c5cnc(C6CC6)nc5)cc(F)c43)c(Cl)cc2[nH]1. The molecule has 40 heavy (non-hydrogen) atoms. The summed E-state index contributed by atoms with van der Waals surface area (Å²) in [4.78, 5) is 21.1. The minimum absolute atomic E-state index is 0.218. The molecule has 1 aromatic carbocycles. The van der Waals surface area contributed by atoms with E-state index in [1.165, 1.54) is 0 Å². The van der Waals surface area contributed by atoms with Gasteiger partial charge in [-0.05, 0) is 48.9 Å². The number of aliphatic hydroxyl groups is 1. The number of aromatic amines is 1. The molecule has 0 spiro atoms. The van der Waals surface area contributed by atoms with Crippen LogP contribution >= 0.6 is 11.6 Å². The highest BCUT2D eigenvalue weighted by atomic mass is 35.5. The number of nitrogens with zero attached hydrogens (tertiary/aromatic N) is 4. The first-order valence-corrected chi connectivity index (χ1v) is 13.9. The molecule has 4 aliphatic rings. The third-order valence-corrected chi connectivity index (χ3v) is 8.46. The Kier molecular flexibility index (Phi) is 5.70. The largest absolute Gasteiger partial charge is 0.456 e. The van der Waals surface area contributed by atoms with Gasteiger partial charge in [0.15, 0.2) is 11.8 Å². The summed E-state index contributed by atoms with van der Waals surface area (Å²) in [6.45, 7) is 0.507. The zero-order valence-electron chi connectivity index (χ0n) is 21.3. The standard InChI is InChI=1S/C28H26ClFN6O4/c29-16-7-19-27(36-28(34-19)40-21-11-39-23-20(37)10-38-24(21)23)35-26(16)33-18-4-3-13-5-14(6-17(30)22(13)18)15-8-31-25(32-9-15)12-1-2-12/h5-9,12,18,20-21,23-24,37H,1-4,10-11H2,(H2,33,34,35,36)/t18-,20+,21+,23+,24+/m0/s1. The number of ether oxygens (including phenoxy) is 3. The van der Waals surface area contributed by atoms with Crippen LogP contribution in [0.3, 0.4) is 0 Å². The second kappa shape index (κ2) is 9.34. The van der Waals surface area contributed by atoms with E-state index in [0.29, 0.717) is 39.9 Å². The molecule has 3 aromatic heterocycles. The molecule has 3 N–H and O–H groups in total. The number of halogens is 2. The number of imidazole rings is 1. The van der Waals surface area contributed by atoms with Gasteiger partial charge in [0.25, 0.3) is 6.01 Å². The molecule has 0 radical (unpaired) electrons. The Morgan fingerprint density at radius 2 is 1.85 bits per heavy atom. The van der Waals surface area contributed by atoms with Gasteiger partial charge < -0.3 is 29.6 Å². The predicted octanol–water partition coefficient (Wildman–Crippen LogP) is 4.09. The summed E-state index contributed by atoms with van der Waals surface area (Å²) in [5.74, 6) is 1.49. The topological polar surface area (TPSA) is 127 Å². The molecule has 0 bridgehead atoms. The fourth-order valence-corrected chi connectivity index (χ4v) is 6.18. The lowest BCUT2D eigenvalue weighted by Gasteiger charge is -2.17. The van der Waals surface area contributed by atoms with Gasteiger partial charge in [0, 0.05) is 29.4 Å². The number of benzene rings is 1. The zero-order valence-corrected chi connectivity index (χ0v) is 22.1. The van der Waals surface area contributed by atoms with Crippen molar-refractivity contribution in [3.63, 3.8) is 0 Å². The van der Waals surface area contributed by atoms with Crippen LogP contribution in [0.2, 0.25) is 5.02 Å². The second-order valence-electron chi connectivity index (χ2n) is 10.9. The lowest BCUT2D eigenvalue weighted by Crippen LogP contribution is -2.34. The van der Waals surface area contributed by atoms with Crippen molar-refractivity contribution in [2.75, 3.05) is 18.5 Å². The van der Waals surface area contributed by atoms with Gasteiger partial charge in [-0.2, -0.15) is 4.98 Å². The first-order chi connectivity index (χ1) is 19.5. The molecular formula is C28H26ClFN6O4. The highest BCUT2D eigenvalue weighted by molar-refractivity contribution is 6.33. The molecule has 206 valence electrons. The summed E-state index contributed by atoms with van der Waals surface area (Å²) < 4.78 is 32.7. The first kappa shape index (κ1) is 24.4. The van der Waals surface area contributed by atoms with Crippen LogP contribution in [-0.2, 0) is 15.9 Å². The summed E-state index contributed by atoms with van der Waals surface area (Å²) in [5, 5.41) is 13.7. The van der Waals surface area contributed by atoms with Crippen molar-refractivity contribution < 1.29 is 23.7 Å². The predicted molar refractivity (Wildman–Crippen MR) is 143 cm³/mol. The van der Waals surface area contributed by atoms with Gasteiger partial charge in [0.1, 0.15) is 35.8 Å². The fourth-order valence-electron chi connectivity index (χ4n) is 5.97. The van der Waals surface area contributed by atoms with Gasteiger partial charge in [-0.3, -0.25) is 0 Å². The third kappa shape index (κ3) is 4.19. The number of anilines is 1. The Bertz CT molecular complexity index is 1610. The van der Waals surface area contributed by atoms with E-state index in [9.17, 15) is 5.11 Å². The average molecular weight is 565 g/mol. The van der Waals surface area contributed by atoms with Crippen molar-refractivity contribution in [3.8, 4) is 17.1 Å². The Hall–Kier alpha value is -3.38. The molecule has 2 aliphatic heterocycles. The van der Waals surface area contributed by atoms with Gasteiger partial charge in [-0.25, -0.2) is 19.3 Å². The minimum Gasteiger partial charge on any atom is -0.456 e. The quantitative estimate of drug-likeness (QED) is 0.317. The van der Waals surface area contributed by atoms with Gasteiger partial charge in [0.05, 0.1) is 29.8 Å². The lowest BCUT2D eigenvalue weighted by molar-refractivity contribution is 0.00706. The van der Waals surface area contributed by atoms with Crippen LogP contribution < -0.4 is 10.1 Å². The van der Waals surface area contributed by atoms with Gasteiger partial charge in [0.2, 0.25) is 0 Å². The van der Waals surface area contributed by atoms with Crippen molar-refractivity contribution in [2.24, 2.45) is 0 Å². The summed E-state index contributed by atoms with van der Waals surface area (Å²) in [5.41, 5.74) is 4.17. The maximum atomic E-state index is 15.5. The Labute approximate surface area is 233 Å². The lowest BCUT2D eigenvalue weighted by atomic mass is 10.0. The van der Waals surface area contributed by atoms with Crippen LogP contribution in [0.5, 0.6) is 6.01 Å². The molecule has 4 aromatic rings. The number of aromatic nitrogens is 5. The van der Waals surface area contributed by atoms with E-state index in [4.69, 9.17) is 25.8 Å². The van der Waals surface area contributed by atoms with Crippen molar-refractivity contribution in [1.82, 2.24) is 24.9 Å². The number of hydrogen-bond acceptors (Lipinski definition) is 9.